The van der Waals surface area contributed by atoms with Crippen LogP contribution in [-0.2, 0) is 17.7 Å². The molecule has 0 bridgehead atoms. The van der Waals surface area contributed by atoms with E-state index in [0.717, 1.165) is 68.1 Å². The van der Waals surface area contributed by atoms with E-state index < -0.39 is 5.91 Å². The highest BCUT2D eigenvalue weighted by Crippen LogP contribution is 2.44. The Morgan fingerprint density at radius 1 is 1.23 bits per heavy atom. The first-order chi connectivity index (χ1) is 15.1. The monoisotopic (exact) mass is 443 g/mol. The Kier molecular flexibility index (Phi) is 7.02. The summed E-state index contributed by atoms with van der Waals surface area (Å²) in [6.07, 6.45) is 3.36. The van der Waals surface area contributed by atoms with Crippen molar-refractivity contribution in [2.45, 2.75) is 38.1 Å². The number of nitrogens with one attached hydrogen (secondary N) is 1. The number of carbonyl (C=O) groups is 2. The van der Waals surface area contributed by atoms with Gasteiger partial charge in [-0.2, -0.15) is 0 Å². The Balaban J connectivity index is 1.49. The smallest absolute Gasteiger partial charge is 0.256 e. The molecule has 4 N–H and O–H groups in total. The normalized spacial score (nSPS) is 19.1. The Morgan fingerprint density at radius 2 is 1.97 bits per heavy atom. The van der Waals surface area contributed by atoms with E-state index in [1.54, 1.807) is 0 Å². The lowest BCUT2D eigenvalue weighted by Crippen LogP contribution is -2.35. The van der Waals surface area contributed by atoms with Gasteiger partial charge in [-0.1, -0.05) is 12.1 Å². The number of hydrogen-bond acceptors (Lipinski definition) is 6. The summed E-state index contributed by atoms with van der Waals surface area (Å²) in [5.41, 5.74) is 8.74. The van der Waals surface area contributed by atoms with Crippen LogP contribution in [0.25, 0.3) is 0 Å². The number of aliphatic hydroxyl groups excluding tert-OH is 1. The summed E-state index contributed by atoms with van der Waals surface area (Å²) in [5, 5.41) is 12.8. The van der Waals surface area contributed by atoms with E-state index in [9.17, 15) is 14.7 Å². The summed E-state index contributed by atoms with van der Waals surface area (Å²) in [6.45, 7) is 4.28. The third kappa shape index (κ3) is 4.98. The highest BCUT2D eigenvalue weighted by molar-refractivity contribution is 7.17. The van der Waals surface area contributed by atoms with Crippen molar-refractivity contribution >= 4 is 28.2 Å². The van der Waals surface area contributed by atoms with E-state index in [1.807, 2.05) is 24.3 Å². The summed E-state index contributed by atoms with van der Waals surface area (Å²) in [7, 11) is 0. The molecule has 7 nitrogen and oxygen atoms in total. The van der Waals surface area contributed by atoms with Crippen molar-refractivity contribution in [1.82, 2.24) is 4.90 Å². The van der Waals surface area contributed by atoms with Crippen LogP contribution in [0, 0.1) is 0 Å². The molecule has 0 saturated carbocycles. The fraction of sp³-hybridized carbons (Fsp3) is 0.478. The van der Waals surface area contributed by atoms with Crippen molar-refractivity contribution in [3.05, 3.63) is 51.4 Å². The number of benzene rings is 1. The minimum absolute atomic E-state index is 0.104. The molecule has 2 heterocycles. The van der Waals surface area contributed by atoms with Crippen LogP contribution in [0.3, 0.4) is 0 Å². The van der Waals surface area contributed by atoms with Gasteiger partial charge in [0.2, 0.25) is 0 Å². The SMILES string of the molecule is NC(=O)c1c(NC(=O)c2ccc(CN3CCOCC3)cc2)sc2c1CCCC2CCO. The van der Waals surface area contributed by atoms with Gasteiger partial charge in [-0.25, -0.2) is 0 Å². The van der Waals surface area contributed by atoms with Gasteiger partial charge in [-0.05, 0) is 54.9 Å². The van der Waals surface area contributed by atoms with Crippen molar-refractivity contribution in [2.24, 2.45) is 5.73 Å². The maximum atomic E-state index is 12.9. The highest BCUT2D eigenvalue weighted by atomic mass is 32.1. The molecule has 2 aliphatic rings. The fourth-order valence-electron chi connectivity index (χ4n) is 4.45. The third-order valence-electron chi connectivity index (χ3n) is 6.07. The maximum Gasteiger partial charge on any atom is 0.256 e. The molecule has 1 aromatic heterocycles. The Hall–Kier alpha value is -2.26. The van der Waals surface area contributed by atoms with Gasteiger partial charge >= 0.3 is 0 Å². The van der Waals surface area contributed by atoms with Gasteiger partial charge in [0.25, 0.3) is 11.8 Å². The fourth-order valence-corrected chi connectivity index (χ4v) is 5.87. The Morgan fingerprint density at radius 3 is 2.65 bits per heavy atom. The van der Waals surface area contributed by atoms with E-state index in [2.05, 4.69) is 10.2 Å². The van der Waals surface area contributed by atoms with Crippen LogP contribution in [0.4, 0.5) is 5.00 Å². The summed E-state index contributed by atoms with van der Waals surface area (Å²) < 4.78 is 5.38. The minimum atomic E-state index is -0.515. The molecule has 166 valence electrons. The number of amides is 2. The van der Waals surface area contributed by atoms with Gasteiger partial charge < -0.3 is 20.9 Å². The number of fused-ring (bicyclic) bond motifs is 1. The lowest BCUT2D eigenvalue weighted by atomic mass is 9.85. The number of nitrogens with two attached hydrogens (primary N) is 1. The molecule has 2 amide bonds. The van der Waals surface area contributed by atoms with Gasteiger partial charge in [0.05, 0.1) is 18.8 Å². The number of carbonyl (C=O) groups excluding carboxylic acids is 2. The first-order valence-corrected chi connectivity index (χ1v) is 11.6. The first-order valence-electron chi connectivity index (χ1n) is 10.8. The standard InChI is InChI=1S/C23H29N3O4S/c24-21(28)19-18-3-1-2-16(8-11-27)20(18)31-23(19)25-22(29)17-6-4-15(5-7-17)14-26-9-12-30-13-10-26/h4-7,16,27H,1-3,8-14H2,(H2,24,28)(H,25,29). The average Bonchev–Trinajstić information content (AvgIpc) is 3.14. The number of rotatable bonds is 7. The van der Waals surface area contributed by atoms with Gasteiger partial charge in [-0.15, -0.1) is 11.3 Å². The van der Waals surface area contributed by atoms with E-state index in [4.69, 9.17) is 10.5 Å². The van der Waals surface area contributed by atoms with Crippen molar-refractivity contribution in [2.75, 3.05) is 38.2 Å². The number of hydrogen-bond donors (Lipinski definition) is 3. The first kappa shape index (κ1) is 22.0. The van der Waals surface area contributed by atoms with Crippen LogP contribution in [-0.4, -0.2) is 54.7 Å². The van der Waals surface area contributed by atoms with Crippen molar-refractivity contribution < 1.29 is 19.4 Å². The number of ether oxygens (including phenoxy) is 1. The molecule has 1 atom stereocenters. The van der Waals surface area contributed by atoms with E-state index in [1.165, 1.54) is 11.3 Å². The number of anilines is 1. The molecule has 31 heavy (non-hydrogen) atoms. The van der Waals surface area contributed by atoms with Gasteiger partial charge in [0.1, 0.15) is 5.00 Å². The number of aliphatic hydroxyl groups is 1. The molecule has 1 aromatic carbocycles. The second-order valence-electron chi connectivity index (χ2n) is 8.15. The molecule has 1 fully saturated rings. The van der Waals surface area contributed by atoms with Crippen molar-refractivity contribution in [3.8, 4) is 0 Å². The van der Waals surface area contributed by atoms with Gasteiger partial charge in [0.15, 0.2) is 0 Å². The molecule has 0 radical (unpaired) electrons. The van der Waals surface area contributed by atoms with Gasteiger partial charge in [0, 0.05) is 36.7 Å². The number of nitrogens with zero attached hydrogens (tertiary/aromatic N) is 1. The lowest BCUT2D eigenvalue weighted by Gasteiger charge is -2.26. The molecule has 8 heteroatoms. The second-order valence-corrected chi connectivity index (χ2v) is 9.21. The van der Waals surface area contributed by atoms with Crippen LogP contribution in [0.2, 0.25) is 0 Å². The van der Waals surface area contributed by atoms with Crippen molar-refractivity contribution in [1.29, 1.82) is 0 Å². The van der Waals surface area contributed by atoms with Gasteiger partial charge in [-0.3, -0.25) is 14.5 Å². The number of thiophene rings is 1. The second kappa shape index (κ2) is 9.91. The quantitative estimate of drug-likeness (QED) is 0.610. The molecule has 4 rings (SSSR count). The number of morpholine rings is 1. The summed E-state index contributed by atoms with van der Waals surface area (Å²) in [6, 6.07) is 7.57. The molecule has 1 aliphatic carbocycles. The maximum absolute atomic E-state index is 12.9. The van der Waals surface area contributed by atoms with Crippen LogP contribution in [0.1, 0.15) is 61.9 Å². The molecular weight excluding hydrogens is 414 g/mol. The third-order valence-corrected chi connectivity index (χ3v) is 7.38. The molecule has 2 aromatic rings. The molecule has 1 unspecified atom stereocenters. The lowest BCUT2D eigenvalue weighted by molar-refractivity contribution is 0.0342. The van der Waals surface area contributed by atoms with E-state index >= 15 is 0 Å². The molecule has 0 spiro atoms. The average molecular weight is 444 g/mol. The van der Waals surface area contributed by atoms with Crippen LogP contribution >= 0.6 is 11.3 Å². The molecule has 1 aliphatic heterocycles. The van der Waals surface area contributed by atoms with Crippen LogP contribution in [0.5, 0.6) is 0 Å². The summed E-state index contributed by atoms with van der Waals surface area (Å²) in [4.78, 5) is 28.5. The molecule has 1 saturated heterocycles. The van der Waals surface area contributed by atoms with Crippen LogP contribution < -0.4 is 11.1 Å². The highest BCUT2D eigenvalue weighted by Gasteiger charge is 2.30. The van der Waals surface area contributed by atoms with E-state index in [0.29, 0.717) is 22.5 Å². The summed E-state index contributed by atoms with van der Waals surface area (Å²) >= 11 is 1.43. The minimum Gasteiger partial charge on any atom is -0.396 e. The largest absolute Gasteiger partial charge is 0.396 e. The Labute approximate surface area is 186 Å². The summed E-state index contributed by atoms with van der Waals surface area (Å²) in [5.74, 6) is -0.557. The zero-order valence-electron chi connectivity index (χ0n) is 17.6. The predicted molar refractivity (Wildman–Crippen MR) is 121 cm³/mol. The zero-order chi connectivity index (χ0) is 21.8. The Bertz CT molecular complexity index is 935. The number of primary amides is 1. The van der Waals surface area contributed by atoms with Crippen molar-refractivity contribution in [3.63, 3.8) is 0 Å². The predicted octanol–water partition coefficient (Wildman–Crippen LogP) is 2.73. The van der Waals surface area contributed by atoms with E-state index in [-0.39, 0.29) is 18.4 Å². The zero-order valence-corrected chi connectivity index (χ0v) is 18.4. The topological polar surface area (TPSA) is 105 Å². The molecular formula is C23H29N3O4S. The van der Waals surface area contributed by atoms with Crippen LogP contribution in [0.15, 0.2) is 24.3 Å².